The molecule has 4 heteroatoms. The van der Waals surface area contributed by atoms with Crippen LogP contribution in [0.2, 0.25) is 0 Å². The van der Waals surface area contributed by atoms with Gasteiger partial charge >= 0.3 is 0 Å². The van der Waals surface area contributed by atoms with Crippen molar-refractivity contribution in [1.82, 2.24) is 19.1 Å². The number of fused-ring (bicyclic) bond motifs is 14. The average molecular weight is 687 g/mol. The second-order valence-electron chi connectivity index (χ2n) is 14.1. The van der Waals surface area contributed by atoms with Gasteiger partial charge < -0.3 is 4.57 Å². The lowest BCUT2D eigenvalue weighted by molar-refractivity contribution is 1.08. The quantitative estimate of drug-likeness (QED) is 0.173. The van der Waals surface area contributed by atoms with Gasteiger partial charge in [-0.25, -0.2) is 9.97 Å². The van der Waals surface area contributed by atoms with Crippen molar-refractivity contribution < 1.29 is 0 Å². The van der Waals surface area contributed by atoms with E-state index in [1.807, 2.05) is 0 Å². The molecule has 12 aromatic rings. The van der Waals surface area contributed by atoms with E-state index in [0.29, 0.717) is 0 Å². The van der Waals surface area contributed by atoms with Gasteiger partial charge in [0, 0.05) is 43.3 Å². The molecule has 12 rings (SSSR count). The van der Waals surface area contributed by atoms with Crippen LogP contribution >= 0.6 is 0 Å². The molecule has 0 saturated carbocycles. The van der Waals surface area contributed by atoms with E-state index < -0.39 is 0 Å². The summed E-state index contributed by atoms with van der Waals surface area (Å²) in [4.78, 5) is 11.4. The number of benzene rings is 9. The predicted octanol–water partition coefficient (Wildman–Crippen LogP) is 13.0. The van der Waals surface area contributed by atoms with Gasteiger partial charge in [0.15, 0.2) is 5.82 Å². The molecule has 0 radical (unpaired) electrons. The third kappa shape index (κ3) is 3.97. The van der Waals surface area contributed by atoms with Crippen molar-refractivity contribution in [3.05, 3.63) is 182 Å². The Labute approximate surface area is 309 Å². The Morgan fingerprint density at radius 3 is 1.46 bits per heavy atom. The first kappa shape index (κ1) is 29.3. The maximum atomic E-state index is 5.78. The Morgan fingerprint density at radius 2 is 0.796 bits per heavy atom. The highest BCUT2D eigenvalue weighted by atomic mass is 15.1. The van der Waals surface area contributed by atoms with Crippen molar-refractivity contribution in [2.24, 2.45) is 0 Å². The van der Waals surface area contributed by atoms with Gasteiger partial charge in [-0.15, -0.1) is 0 Å². The molecule has 3 heterocycles. The van der Waals surface area contributed by atoms with Crippen LogP contribution in [0.1, 0.15) is 0 Å². The minimum Gasteiger partial charge on any atom is -0.307 e. The van der Waals surface area contributed by atoms with Gasteiger partial charge in [0.25, 0.3) is 0 Å². The zero-order valence-electron chi connectivity index (χ0n) is 29.1. The average Bonchev–Trinajstić information content (AvgIpc) is 3.76. The first-order valence-corrected chi connectivity index (χ1v) is 18.4. The molecular formula is C50H30N4. The molecule has 0 aliphatic rings. The summed E-state index contributed by atoms with van der Waals surface area (Å²) in [6.07, 6.45) is 0. The van der Waals surface area contributed by atoms with Gasteiger partial charge in [0.05, 0.1) is 38.8 Å². The normalized spacial score (nSPS) is 12.1. The van der Waals surface area contributed by atoms with Crippen LogP contribution in [0.25, 0.3) is 110 Å². The minimum atomic E-state index is 0.808. The lowest BCUT2D eigenvalue weighted by atomic mass is 9.99. The second kappa shape index (κ2) is 11.1. The fraction of sp³-hybridized carbons (Fsp3) is 0. The molecule has 3 aromatic heterocycles. The highest BCUT2D eigenvalue weighted by molar-refractivity contribution is 6.26. The van der Waals surface area contributed by atoms with E-state index in [1.54, 1.807) is 0 Å². The first-order valence-electron chi connectivity index (χ1n) is 18.4. The van der Waals surface area contributed by atoms with Gasteiger partial charge in [-0.1, -0.05) is 164 Å². The van der Waals surface area contributed by atoms with Gasteiger partial charge in [-0.05, 0) is 34.4 Å². The van der Waals surface area contributed by atoms with E-state index in [4.69, 9.17) is 9.97 Å². The highest BCUT2D eigenvalue weighted by Gasteiger charge is 2.25. The largest absolute Gasteiger partial charge is 0.307 e. The van der Waals surface area contributed by atoms with Crippen molar-refractivity contribution in [2.75, 3.05) is 0 Å². The molecule has 9 aromatic carbocycles. The lowest BCUT2D eigenvalue weighted by Gasteiger charge is -2.17. The van der Waals surface area contributed by atoms with Crippen LogP contribution < -0.4 is 0 Å². The summed E-state index contributed by atoms with van der Waals surface area (Å²) in [5.74, 6) is 0.808. The molecule has 4 nitrogen and oxygen atoms in total. The molecule has 0 atom stereocenters. The lowest BCUT2D eigenvalue weighted by Crippen LogP contribution is -2.05. The summed E-state index contributed by atoms with van der Waals surface area (Å²) in [7, 11) is 0. The Morgan fingerprint density at radius 1 is 0.315 bits per heavy atom. The van der Waals surface area contributed by atoms with Crippen LogP contribution in [0, 0.1) is 0 Å². The van der Waals surface area contributed by atoms with Crippen LogP contribution in [0.3, 0.4) is 0 Å². The summed E-state index contributed by atoms with van der Waals surface area (Å²) in [6, 6.07) is 65.2. The molecule has 0 fully saturated rings. The summed E-state index contributed by atoms with van der Waals surface area (Å²) in [6.45, 7) is 0. The Bertz CT molecular complexity index is 3490. The molecule has 0 bridgehead atoms. The predicted molar refractivity (Wildman–Crippen MR) is 226 cm³/mol. The smallest absolute Gasteiger partial charge is 0.165 e. The molecule has 54 heavy (non-hydrogen) atoms. The van der Waals surface area contributed by atoms with Gasteiger partial charge in [0.2, 0.25) is 0 Å². The molecule has 0 amide bonds. The molecule has 0 N–H and O–H groups in total. The zero-order chi connectivity index (χ0) is 35.3. The Kier molecular flexibility index (Phi) is 6.02. The number of aromatic nitrogens is 4. The van der Waals surface area contributed by atoms with Gasteiger partial charge in [0.1, 0.15) is 5.69 Å². The molecular weight excluding hydrogens is 657 g/mol. The van der Waals surface area contributed by atoms with E-state index >= 15 is 0 Å². The standard InChI is InChI=1S/C50H30N4/c1-2-16-32(17-3-1)45-50(52-47-39-25-9-7-21-35(39)34-20-6-8-24-38(34)46(47)51-45)54-44-27-13-11-23-37(44)41-30-29-40-36-22-10-12-26-43(36)53(48(40)49(41)54)42-28-14-18-31-15-4-5-19-33(31)42/h1-30H. The fourth-order valence-corrected chi connectivity index (χ4v) is 8.97. The van der Waals surface area contributed by atoms with Crippen LogP contribution in [-0.2, 0) is 0 Å². The van der Waals surface area contributed by atoms with Crippen molar-refractivity contribution in [2.45, 2.75) is 0 Å². The van der Waals surface area contributed by atoms with Crippen LogP contribution in [-0.4, -0.2) is 19.1 Å². The van der Waals surface area contributed by atoms with Crippen LogP contribution in [0.4, 0.5) is 0 Å². The Balaban J connectivity index is 1.34. The maximum Gasteiger partial charge on any atom is 0.165 e. The van der Waals surface area contributed by atoms with E-state index in [1.165, 1.54) is 48.6 Å². The monoisotopic (exact) mass is 686 g/mol. The molecule has 0 saturated heterocycles. The van der Waals surface area contributed by atoms with Crippen molar-refractivity contribution in [3.63, 3.8) is 0 Å². The summed E-state index contributed by atoms with van der Waals surface area (Å²) in [5.41, 5.74) is 9.31. The van der Waals surface area contributed by atoms with Crippen LogP contribution in [0.5, 0.6) is 0 Å². The highest BCUT2D eigenvalue weighted by Crippen LogP contribution is 2.44. The molecule has 0 aliphatic heterocycles. The Hall–Kier alpha value is -7.30. The molecule has 0 spiro atoms. The number of para-hydroxylation sites is 2. The third-order valence-corrected chi connectivity index (χ3v) is 11.3. The van der Waals surface area contributed by atoms with Gasteiger partial charge in [-0.3, -0.25) is 4.57 Å². The topological polar surface area (TPSA) is 35.6 Å². The molecule has 250 valence electrons. The van der Waals surface area contributed by atoms with Crippen LogP contribution in [0.15, 0.2) is 182 Å². The molecule has 0 unspecified atom stereocenters. The van der Waals surface area contributed by atoms with E-state index in [-0.39, 0.29) is 0 Å². The zero-order valence-corrected chi connectivity index (χ0v) is 29.1. The maximum absolute atomic E-state index is 5.78. The first-order chi connectivity index (χ1) is 26.8. The second-order valence-corrected chi connectivity index (χ2v) is 14.1. The summed E-state index contributed by atoms with van der Waals surface area (Å²) in [5, 5.41) is 11.7. The summed E-state index contributed by atoms with van der Waals surface area (Å²) >= 11 is 0. The van der Waals surface area contributed by atoms with E-state index in [0.717, 1.165) is 61.1 Å². The molecule has 0 aliphatic carbocycles. The van der Waals surface area contributed by atoms with E-state index in [9.17, 15) is 0 Å². The number of hydrogen-bond donors (Lipinski definition) is 0. The van der Waals surface area contributed by atoms with Gasteiger partial charge in [-0.2, -0.15) is 0 Å². The minimum absolute atomic E-state index is 0.808. The van der Waals surface area contributed by atoms with Crippen molar-refractivity contribution >= 4 is 87.0 Å². The third-order valence-electron chi connectivity index (χ3n) is 11.3. The SMILES string of the molecule is c1ccc(-c2nc3c4ccccc4c4ccccc4c3nc2-n2c3ccccc3c3ccc4c5ccccc5n(-c5cccc6ccccc56)c4c32)cc1. The van der Waals surface area contributed by atoms with Crippen molar-refractivity contribution in [3.8, 4) is 22.8 Å². The van der Waals surface area contributed by atoms with Crippen molar-refractivity contribution in [1.29, 1.82) is 0 Å². The van der Waals surface area contributed by atoms with E-state index in [2.05, 4.69) is 191 Å². The fourth-order valence-electron chi connectivity index (χ4n) is 8.97. The summed E-state index contributed by atoms with van der Waals surface area (Å²) < 4.78 is 4.87. The number of rotatable bonds is 3. The number of hydrogen-bond acceptors (Lipinski definition) is 2. The number of nitrogens with zero attached hydrogens (tertiary/aromatic N) is 4.